The summed E-state index contributed by atoms with van der Waals surface area (Å²) in [6.45, 7) is 4.59. The first-order chi connectivity index (χ1) is 10.1. The Kier molecular flexibility index (Phi) is 6.11. The number of halogens is 3. The topological polar surface area (TPSA) is 58.3 Å². The molecule has 0 unspecified atom stereocenters. The van der Waals surface area contributed by atoms with E-state index in [1.165, 1.54) is 4.88 Å². The van der Waals surface area contributed by atoms with Gasteiger partial charge in [-0.25, -0.2) is 9.97 Å². The molecule has 0 aliphatic carbocycles. The van der Waals surface area contributed by atoms with Crippen LogP contribution in [0.5, 0.6) is 0 Å². The van der Waals surface area contributed by atoms with Crippen LogP contribution in [0, 0.1) is 0 Å². The highest BCUT2D eigenvalue weighted by molar-refractivity contribution is 7.15. The maximum absolute atomic E-state index is 6.21. The first-order valence-electron chi connectivity index (χ1n) is 6.60. The maximum atomic E-state index is 6.21. The molecule has 0 bridgehead atoms. The van der Waals surface area contributed by atoms with E-state index < -0.39 is 0 Å². The second kappa shape index (κ2) is 7.66. The number of anilines is 2. The van der Waals surface area contributed by atoms with Crippen molar-refractivity contribution in [3.63, 3.8) is 0 Å². The van der Waals surface area contributed by atoms with Crippen LogP contribution in [-0.2, 0) is 6.54 Å². The molecule has 0 amide bonds. The predicted molar refractivity (Wildman–Crippen MR) is 95.5 cm³/mol. The Hall–Kier alpha value is -0.790. The summed E-state index contributed by atoms with van der Waals surface area (Å²) in [5.41, 5.74) is 5.66. The zero-order valence-corrected chi connectivity index (χ0v) is 14.9. The number of nitrogens with zero attached hydrogens (tertiary/aromatic N) is 4. The van der Waals surface area contributed by atoms with Crippen molar-refractivity contribution in [2.75, 3.05) is 36.8 Å². The van der Waals surface area contributed by atoms with Crippen LogP contribution in [0.1, 0.15) is 4.88 Å². The van der Waals surface area contributed by atoms with Gasteiger partial charge in [-0.05, 0) is 6.07 Å². The van der Waals surface area contributed by atoms with E-state index in [1.54, 1.807) is 23.6 Å². The summed E-state index contributed by atoms with van der Waals surface area (Å²) >= 11 is 13.6. The molecular weight excluding hydrogens is 365 g/mol. The van der Waals surface area contributed by atoms with Gasteiger partial charge in [0.1, 0.15) is 5.82 Å². The van der Waals surface area contributed by atoms with Crippen molar-refractivity contribution in [2.45, 2.75) is 6.54 Å². The second-order valence-electron chi connectivity index (χ2n) is 4.89. The van der Waals surface area contributed by atoms with Crippen molar-refractivity contribution < 1.29 is 0 Å². The normalized spacial score (nSPS) is 15.6. The minimum absolute atomic E-state index is 0. The zero-order valence-electron chi connectivity index (χ0n) is 11.7. The van der Waals surface area contributed by atoms with Gasteiger partial charge in [0.25, 0.3) is 0 Å². The number of nitrogen functional groups attached to an aromatic ring is 1. The molecule has 0 atom stereocenters. The molecule has 1 fully saturated rings. The largest absolute Gasteiger partial charge is 0.375 e. The third-order valence-electron chi connectivity index (χ3n) is 3.41. The monoisotopic (exact) mass is 379 g/mol. The number of hydrogen-bond acceptors (Lipinski definition) is 6. The van der Waals surface area contributed by atoms with E-state index in [0.29, 0.717) is 15.2 Å². The lowest BCUT2D eigenvalue weighted by atomic mass is 10.3. The minimum atomic E-state index is 0. The fourth-order valence-corrected chi connectivity index (χ4v) is 3.60. The van der Waals surface area contributed by atoms with Crippen molar-refractivity contribution in [3.8, 4) is 0 Å². The smallest absolute Gasteiger partial charge is 0.180 e. The summed E-state index contributed by atoms with van der Waals surface area (Å²) in [6, 6.07) is 1.73. The number of thiazole rings is 1. The Morgan fingerprint density at radius 1 is 1.14 bits per heavy atom. The van der Waals surface area contributed by atoms with E-state index in [4.69, 9.17) is 28.9 Å². The maximum Gasteiger partial charge on any atom is 0.180 e. The first kappa shape index (κ1) is 17.6. The number of hydrogen-bond donors (Lipinski definition) is 1. The van der Waals surface area contributed by atoms with Gasteiger partial charge in [-0.15, -0.1) is 23.7 Å². The van der Waals surface area contributed by atoms with E-state index >= 15 is 0 Å². The van der Waals surface area contributed by atoms with Crippen molar-refractivity contribution in [1.29, 1.82) is 0 Å². The Bertz CT molecular complexity index is 628. The fourth-order valence-electron chi connectivity index (χ4n) is 2.37. The number of pyridine rings is 1. The van der Waals surface area contributed by atoms with Gasteiger partial charge in [-0.1, -0.05) is 23.2 Å². The van der Waals surface area contributed by atoms with Gasteiger partial charge in [0.2, 0.25) is 0 Å². The molecule has 0 spiro atoms. The number of nitrogens with two attached hydrogens (primary N) is 1. The van der Waals surface area contributed by atoms with Crippen molar-refractivity contribution in [3.05, 3.63) is 33.4 Å². The highest BCUT2D eigenvalue weighted by atomic mass is 35.5. The van der Waals surface area contributed by atoms with E-state index in [9.17, 15) is 0 Å². The van der Waals surface area contributed by atoms with E-state index in [-0.39, 0.29) is 12.4 Å². The molecule has 0 radical (unpaired) electrons. The Labute approximate surface area is 149 Å². The third kappa shape index (κ3) is 4.14. The quantitative estimate of drug-likeness (QED) is 0.886. The summed E-state index contributed by atoms with van der Waals surface area (Å²) < 4.78 is 0. The molecule has 1 saturated heterocycles. The summed E-state index contributed by atoms with van der Waals surface area (Å²) in [4.78, 5) is 14.2. The molecule has 2 aromatic heterocycles. The summed E-state index contributed by atoms with van der Waals surface area (Å²) in [5.74, 6) is 0.808. The molecule has 3 rings (SSSR count). The van der Waals surface area contributed by atoms with Crippen LogP contribution >= 0.6 is 46.9 Å². The molecule has 5 nitrogen and oxygen atoms in total. The first-order valence-corrected chi connectivity index (χ1v) is 8.17. The molecule has 2 aromatic rings. The second-order valence-corrected chi connectivity index (χ2v) is 6.88. The summed E-state index contributed by atoms with van der Waals surface area (Å²) in [6.07, 6.45) is 3.49. The molecule has 0 saturated carbocycles. The molecule has 9 heteroatoms. The Morgan fingerprint density at radius 3 is 2.45 bits per heavy atom. The molecule has 0 aromatic carbocycles. The number of piperazine rings is 1. The average Bonchev–Trinajstić information content (AvgIpc) is 2.85. The van der Waals surface area contributed by atoms with Gasteiger partial charge in [0.15, 0.2) is 5.13 Å². The summed E-state index contributed by atoms with van der Waals surface area (Å²) in [5, 5.41) is 1.79. The molecule has 22 heavy (non-hydrogen) atoms. The molecular formula is C13H16Cl3N5S. The Morgan fingerprint density at radius 2 is 1.86 bits per heavy atom. The average molecular weight is 381 g/mol. The van der Waals surface area contributed by atoms with E-state index in [2.05, 4.69) is 19.8 Å². The summed E-state index contributed by atoms with van der Waals surface area (Å²) in [7, 11) is 0. The van der Waals surface area contributed by atoms with Gasteiger partial charge in [0, 0.05) is 50.0 Å². The van der Waals surface area contributed by atoms with E-state index in [1.807, 2.05) is 6.20 Å². The SMILES string of the molecule is Cl.Nc1ncc(CN2CCN(c3ncc(Cl)cc3Cl)CC2)s1. The molecule has 1 aliphatic heterocycles. The van der Waals surface area contributed by atoms with E-state index in [0.717, 1.165) is 38.5 Å². The zero-order chi connectivity index (χ0) is 14.8. The van der Waals surface area contributed by atoms with Crippen LogP contribution < -0.4 is 10.6 Å². The van der Waals surface area contributed by atoms with Gasteiger partial charge < -0.3 is 10.6 Å². The third-order valence-corrected chi connectivity index (χ3v) is 4.71. The molecule has 120 valence electrons. The lowest BCUT2D eigenvalue weighted by Gasteiger charge is -2.35. The van der Waals surface area contributed by atoms with Gasteiger partial charge in [0.05, 0.1) is 10.0 Å². The predicted octanol–water partition coefficient (Wildman–Crippen LogP) is 3.17. The number of rotatable bonds is 3. The minimum Gasteiger partial charge on any atom is -0.375 e. The lowest BCUT2D eigenvalue weighted by Crippen LogP contribution is -2.46. The molecule has 3 heterocycles. The van der Waals surface area contributed by atoms with Crippen LogP contribution in [0.25, 0.3) is 0 Å². The van der Waals surface area contributed by atoms with Crippen LogP contribution in [0.4, 0.5) is 10.9 Å². The van der Waals surface area contributed by atoms with Crippen LogP contribution in [0.2, 0.25) is 10.0 Å². The highest BCUT2D eigenvalue weighted by Gasteiger charge is 2.20. The van der Waals surface area contributed by atoms with Crippen LogP contribution in [0.15, 0.2) is 18.5 Å². The fraction of sp³-hybridized carbons (Fsp3) is 0.385. The van der Waals surface area contributed by atoms with Crippen molar-refractivity contribution in [1.82, 2.24) is 14.9 Å². The van der Waals surface area contributed by atoms with Crippen LogP contribution in [0.3, 0.4) is 0 Å². The van der Waals surface area contributed by atoms with Crippen molar-refractivity contribution >= 4 is 57.9 Å². The van der Waals surface area contributed by atoms with Crippen LogP contribution in [-0.4, -0.2) is 41.0 Å². The molecule has 1 aliphatic rings. The number of aromatic nitrogens is 2. The Balaban J connectivity index is 0.00000176. The molecule has 2 N–H and O–H groups in total. The highest BCUT2D eigenvalue weighted by Crippen LogP contribution is 2.27. The van der Waals surface area contributed by atoms with Crippen molar-refractivity contribution in [2.24, 2.45) is 0 Å². The standard InChI is InChI=1S/C13H15Cl2N5S.ClH/c14-9-5-11(15)12(17-6-9)20-3-1-19(2-4-20)8-10-7-18-13(16)21-10;/h5-7H,1-4,8H2,(H2,16,18);1H. The van der Waals surface area contributed by atoms with Gasteiger partial charge >= 0.3 is 0 Å². The van der Waals surface area contributed by atoms with Gasteiger partial charge in [-0.3, -0.25) is 4.90 Å². The van der Waals surface area contributed by atoms with Gasteiger partial charge in [-0.2, -0.15) is 0 Å². The lowest BCUT2D eigenvalue weighted by molar-refractivity contribution is 0.251.